The molecule has 13 unspecified atom stereocenters. The van der Waals surface area contributed by atoms with E-state index in [9.17, 15) is 10.2 Å². The van der Waals surface area contributed by atoms with E-state index < -0.39 is 12.2 Å². The Labute approximate surface area is 593 Å². The summed E-state index contributed by atoms with van der Waals surface area (Å²) < 4.78 is 88.9. The fraction of sp³-hybridized carbons (Fsp3) is 0.625. The molecule has 0 bridgehead atoms. The standard InChI is InChI=1S/C45H56O10.C20H32O4.C15H26O6/c1-31(49-27-42-29-54-42)22-48-23-36(46)24-50-38-14-6-32(7-15-38)44(2,3)33-8-16-39(17-9-33)51-25-37(47)26-52-40-18-10-34(11-19-40)45(4,5)35-12-20-41(21-13-35)53-28-43-30-55-43;1-2-16(9-5-3-6-11-18-20(15-22)24-18)12-13-19-17(23-19)10-7-4-8-14-21;1-2-15(9-16-3-12-6-19-12,10-17-4-13-7-20-13)11-18-5-14-8-21-14/h6-21,31,36-37,42-43,46-47H,22-30H2,1-5H3;2-5,8,16-22H,1,6-7,9-15H2;12-14H,2-11H2,1H3/b;5-3-,8-4+;. The fourth-order valence-electron chi connectivity index (χ4n) is 11.3. The van der Waals surface area contributed by atoms with Crippen molar-refractivity contribution in [2.75, 3.05) is 132 Å². The summed E-state index contributed by atoms with van der Waals surface area (Å²) in [6, 6.07) is 32.1. The Morgan fingerprint density at radius 3 is 1.25 bits per heavy atom. The third-order valence-corrected chi connectivity index (χ3v) is 19.0. The Bertz CT molecular complexity index is 2930. The van der Waals surface area contributed by atoms with Crippen LogP contribution in [-0.2, 0) is 67.7 Å². The van der Waals surface area contributed by atoms with Crippen LogP contribution in [0.1, 0.15) is 115 Å². The smallest absolute Gasteiger partial charge is 0.122 e. The molecule has 7 heterocycles. The Morgan fingerprint density at radius 1 is 0.470 bits per heavy atom. The molecule has 7 saturated heterocycles. The van der Waals surface area contributed by atoms with E-state index in [-0.39, 0.29) is 86.4 Å². The molecule has 7 aliphatic rings. The minimum atomic E-state index is -0.801. The Balaban J connectivity index is 0.000000211. The third-order valence-electron chi connectivity index (χ3n) is 19.0. The van der Waals surface area contributed by atoms with E-state index in [1.807, 2.05) is 85.8 Å². The van der Waals surface area contributed by atoms with Crippen LogP contribution in [0.4, 0.5) is 0 Å². The highest BCUT2D eigenvalue weighted by atomic mass is 16.6. The minimum Gasteiger partial charge on any atom is -0.491 e. The lowest BCUT2D eigenvalue weighted by Crippen LogP contribution is -2.38. The summed E-state index contributed by atoms with van der Waals surface area (Å²) in [7, 11) is 0. The average Bonchev–Trinajstić information content (AvgIpc) is 1.80. The number of hydrogen-bond acceptors (Lipinski definition) is 20. The second kappa shape index (κ2) is 40.6. The van der Waals surface area contributed by atoms with Crippen LogP contribution in [0, 0.1) is 11.3 Å². The van der Waals surface area contributed by atoms with Crippen LogP contribution in [0.3, 0.4) is 0 Å². The van der Waals surface area contributed by atoms with Gasteiger partial charge in [-0.1, -0.05) is 114 Å². The minimum absolute atomic E-state index is 0.0605. The van der Waals surface area contributed by atoms with E-state index in [1.54, 1.807) is 6.08 Å². The molecule has 4 N–H and O–H groups in total. The number of epoxide rings is 7. The van der Waals surface area contributed by atoms with Gasteiger partial charge < -0.3 is 96.2 Å². The van der Waals surface area contributed by atoms with Crippen LogP contribution < -0.4 is 18.9 Å². The highest BCUT2D eigenvalue weighted by Crippen LogP contribution is 2.37. The quantitative estimate of drug-likeness (QED) is 0.0237. The molecule has 7 aliphatic heterocycles. The maximum Gasteiger partial charge on any atom is 0.122 e. The fourth-order valence-corrected chi connectivity index (χ4v) is 11.3. The van der Waals surface area contributed by atoms with Gasteiger partial charge in [-0.3, -0.25) is 0 Å². The molecule has 554 valence electrons. The first-order valence-electron chi connectivity index (χ1n) is 36.3. The number of allylic oxidation sites excluding steroid dienone is 4. The summed E-state index contributed by atoms with van der Waals surface area (Å²) in [5.74, 6) is 3.39. The molecule has 0 aromatic heterocycles. The van der Waals surface area contributed by atoms with Crippen molar-refractivity contribution in [3.05, 3.63) is 156 Å². The molecular weight excluding hydrogens is 1280 g/mol. The summed E-state index contributed by atoms with van der Waals surface area (Å²) in [6.07, 6.45) is 19.5. The van der Waals surface area contributed by atoms with Crippen molar-refractivity contribution in [1.82, 2.24) is 0 Å². The normalized spacial score (nSPS) is 24.1. The highest BCUT2D eigenvalue weighted by Gasteiger charge is 2.39. The molecule has 11 rings (SSSR count). The van der Waals surface area contributed by atoms with Gasteiger partial charge in [0.25, 0.3) is 0 Å². The maximum absolute atomic E-state index is 10.6. The van der Waals surface area contributed by atoms with Gasteiger partial charge in [-0.15, -0.1) is 6.58 Å². The summed E-state index contributed by atoms with van der Waals surface area (Å²) in [4.78, 5) is 0. The number of benzene rings is 4. The number of aliphatic hydroxyl groups excluding tert-OH is 4. The summed E-state index contributed by atoms with van der Waals surface area (Å²) in [5, 5.41) is 38.5. The van der Waals surface area contributed by atoms with Crippen molar-refractivity contribution in [2.24, 2.45) is 11.3 Å². The van der Waals surface area contributed by atoms with Crippen LogP contribution in [0.25, 0.3) is 0 Å². The van der Waals surface area contributed by atoms with E-state index in [2.05, 4.69) is 83.7 Å². The van der Waals surface area contributed by atoms with Gasteiger partial charge in [-0.2, -0.15) is 0 Å². The van der Waals surface area contributed by atoms with Crippen molar-refractivity contribution < 1.29 is 96.2 Å². The molecule has 0 amide bonds. The predicted octanol–water partition coefficient (Wildman–Crippen LogP) is 10.3. The molecule has 0 aliphatic carbocycles. The SMILES string of the molecule is C=CC(C/C=C\CCC1OC1CO)CCC1OC1CC/C=C/CO.CC(COCC(O)COc1ccc(C(C)(C)c2ccc(OCC(O)COc3ccc(C(C)(C)c4ccc(OCC5CO5)cc4)cc3)cc2)cc1)OCC1CO1.CCC(COCC1CO1)(COCC1CO1)COCC1CO1. The molecule has 0 spiro atoms. The number of rotatable bonds is 50. The Hall–Kier alpha value is -5.34. The Morgan fingerprint density at radius 2 is 0.850 bits per heavy atom. The van der Waals surface area contributed by atoms with Crippen molar-refractivity contribution in [1.29, 1.82) is 0 Å². The largest absolute Gasteiger partial charge is 0.491 e. The molecule has 0 radical (unpaired) electrons. The van der Waals surface area contributed by atoms with Gasteiger partial charge in [0, 0.05) is 16.2 Å². The summed E-state index contributed by atoms with van der Waals surface area (Å²) in [5.41, 5.74) is 3.98. The molecule has 100 heavy (non-hydrogen) atoms. The van der Waals surface area contributed by atoms with Gasteiger partial charge in [0.1, 0.15) is 98.3 Å². The van der Waals surface area contributed by atoms with Crippen LogP contribution in [0.15, 0.2) is 134 Å². The molecular formula is C80H114O20. The molecule has 4 aromatic carbocycles. The van der Waals surface area contributed by atoms with Crippen molar-refractivity contribution in [3.8, 4) is 23.0 Å². The van der Waals surface area contributed by atoms with Gasteiger partial charge >= 0.3 is 0 Å². The molecule has 7 fully saturated rings. The monoisotopic (exact) mass is 1390 g/mol. The van der Waals surface area contributed by atoms with Crippen molar-refractivity contribution in [3.63, 3.8) is 0 Å². The molecule has 4 aromatic rings. The van der Waals surface area contributed by atoms with Gasteiger partial charge in [0.05, 0.1) is 130 Å². The second-order valence-electron chi connectivity index (χ2n) is 28.5. The summed E-state index contributed by atoms with van der Waals surface area (Å²) >= 11 is 0. The zero-order valence-corrected chi connectivity index (χ0v) is 60.0. The number of aliphatic hydroxyl groups is 4. The number of hydrogen-bond donors (Lipinski definition) is 4. The van der Waals surface area contributed by atoms with E-state index in [0.717, 1.165) is 107 Å². The second-order valence-corrected chi connectivity index (χ2v) is 28.5. The van der Waals surface area contributed by atoms with Gasteiger partial charge in [0.2, 0.25) is 0 Å². The lowest BCUT2D eigenvalue weighted by atomic mass is 9.78. The third kappa shape index (κ3) is 29.1. The van der Waals surface area contributed by atoms with E-state index >= 15 is 0 Å². The first-order valence-corrected chi connectivity index (χ1v) is 36.3. The predicted molar refractivity (Wildman–Crippen MR) is 380 cm³/mol. The lowest BCUT2D eigenvalue weighted by molar-refractivity contribution is -0.0762. The lowest BCUT2D eigenvalue weighted by Gasteiger charge is -2.32. The summed E-state index contributed by atoms with van der Waals surface area (Å²) in [6.45, 7) is 27.0. The van der Waals surface area contributed by atoms with E-state index in [4.69, 9.17) is 86.0 Å². The molecule has 20 nitrogen and oxygen atoms in total. The highest BCUT2D eigenvalue weighted by molar-refractivity contribution is 5.43. The van der Waals surface area contributed by atoms with Crippen LogP contribution in [-0.4, -0.2) is 226 Å². The van der Waals surface area contributed by atoms with Gasteiger partial charge in [0.15, 0.2) is 0 Å². The van der Waals surface area contributed by atoms with Crippen molar-refractivity contribution in [2.45, 2.75) is 177 Å². The molecule has 20 heteroatoms. The van der Waals surface area contributed by atoms with Gasteiger partial charge in [-0.25, -0.2) is 0 Å². The van der Waals surface area contributed by atoms with Crippen LogP contribution >= 0.6 is 0 Å². The van der Waals surface area contributed by atoms with E-state index in [1.165, 1.54) is 5.56 Å². The molecule has 13 atom stereocenters. The number of ether oxygens (including phenoxy) is 16. The first kappa shape index (κ1) is 78.8. The zero-order chi connectivity index (χ0) is 70.6. The van der Waals surface area contributed by atoms with Gasteiger partial charge in [-0.05, 0) is 135 Å². The van der Waals surface area contributed by atoms with E-state index in [0.29, 0.717) is 113 Å². The Kier molecular flexibility index (Phi) is 32.0. The van der Waals surface area contributed by atoms with Crippen molar-refractivity contribution >= 4 is 0 Å². The van der Waals surface area contributed by atoms with Crippen LogP contribution in [0.2, 0.25) is 0 Å². The first-order chi connectivity index (χ1) is 48.5. The zero-order valence-electron chi connectivity index (χ0n) is 60.0. The topological polar surface area (TPSA) is 252 Å². The van der Waals surface area contributed by atoms with Crippen LogP contribution in [0.5, 0.6) is 23.0 Å². The average molecular weight is 1400 g/mol. The maximum atomic E-state index is 10.6. The molecule has 0 saturated carbocycles.